The molecule has 0 radical (unpaired) electrons. The van der Waals surface area contributed by atoms with Gasteiger partial charge in [-0.25, -0.2) is 0 Å². The Balaban J connectivity index is 1.70. The van der Waals surface area contributed by atoms with Gasteiger partial charge in [-0.15, -0.1) is 0 Å². The van der Waals surface area contributed by atoms with Crippen molar-refractivity contribution in [2.75, 3.05) is 20.1 Å². The summed E-state index contributed by atoms with van der Waals surface area (Å²) in [6.45, 7) is 1.89. The Hall–Kier alpha value is -1.29. The van der Waals surface area contributed by atoms with Crippen molar-refractivity contribution in [3.63, 3.8) is 0 Å². The van der Waals surface area contributed by atoms with Crippen LogP contribution < -0.4 is 5.32 Å². The predicted octanol–water partition coefficient (Wildman–Crippen LogP) is 1.49. The molecule has 88 valence electrons. The van der Waals surface area contributed by atoms with E-state index in [0.29, 0.717) is 18.3 Å². The molecule has 2 heterocycles. The van der Waals surface area contributed by atoms with Crippen LogP contribution >= 0.6 is 0 Å². The third-order valence-electron chi connectivity index (χ3n) is 3.18. The number of likely N-dealkylation sites (tertiary alicyclic amines) is 1. The van der Waals surface area contributed by atoms with Crippen LogP contribution in [0.1, 0.15) is 29.8 Å². The van der Waals surface area contributed by atoms with Gasteiger partial charge in [0.25, 0.3) is 5.91 Å². The largest absolute Gasteiger partial charge is 0.459 e. The lowest BCUT2D eigenvalue weighted by Gasteiger charge is -2.18. The third kappa shape index (κ3) is 2.64. The average Bonchev–Trinajstić information content (AvgIpc) is 2.90. The molecular weight excluding hydrogens is 204 g/mol. The Morgan fingerprint density at radius 1 is 1.69 bits per heavy atom. The summed E-state index contributed by atoms with van der Waals surface area (Å²) in [4.78, 5) is 13.9. The molecule has 1 N–H and O–H groups in total. The quantitative estimate of drug-likeness (QED) is 0.839. The third-order valence-corrected chi connectivity index (χ3v) is 3.18. The van der Waals surface area contributed by atoms with Crippen LogP contribution in [-0.4, -0.2) is 37.0 Å². The van der Waals surface area contributed by atoms with Gasteiger partial charge in [0, 0.05) is 12.6 Å². The SMILES string of the molecule is CN1CCCC1CCNC(=O)c1ccco1. The summed E-state index contributed by atoms with van der Waals surface area (Å²) in [5.41, 5.74) is 0. The summed E-state index contributed by atoms with van der Waals surface area (Å²) in [7, 11) is 2.14. The summed E-state index contributed by atoms with van der Waals surface area (Å²) < 4.78 is 5.02. The summed E-state index contributed by atoms with van der Waals surface area (Å²) in [6.07, 6.45) is 5.04. The zero-order chi connectivity index (χ0) is 11.4. The molecule has 1 atom stereocenters. The van der Waals surface area contributed by atoms with Gasteiger partial charge in [0.05, 0.1) is 6.26 Å². The number of carbonyl (C=O) groups excluding carboxylic acids is 1. The molecule has 1 aromatic rings. The van der Waals surface area contributed by atoms with E-state index in [1.165, 1.54) is 25.6 Å². The minimum atomic E-state index is -0.120. The molecule has 2 rings (SSSR count). The molecular formula is C12H18N2O2. The predicted molar refractivity (Wildman–Crippen MR) is 61.3 cm³/mol. The van der Waals surface area contributed by atoms with Crippen LogP contribution in [0.3, 0.4) is 0 Å². The minimum Gasteiger partial charge on any atom is -0.459 e. The zero-order valence-electron chi connectivity index (χ0n) is 9.61. The van der Waals surface area contributed by atoms with Gasteiger partial charge in [0.2, 0.25) is 0 Å². The molecule has 0 aliphatic carbocycles. The maximum Gasteiger partial charge on any atom is 0.286 e. The first kappa shape index (κ1) is 11.2. The van der Waals surface area contributed by atoms with E-state index in [-0.39, 0.29) is 5.91 Å². The lowest BCUT2D eigenvalue weighted by Crippen LogP contribution is -2.31. The highest BCUT2D eigenvalue weighted by Gasteiger charge is 2.20. The van der Waals surface area contributed by atoms with E-state index in [9.17, 15) is 4.79 Å². The van der Waals surface area contributed by atoms with Crippen LogP contribution in [-0.2, 0) is 0 Å². The van der Waals surface area contributed by atoms with Crippen LogP contribution in [0, 0.1) is 0 Å². The number of amides is 1. The van der Waals surface area contributed by atoms with Crippen molar-refractivity contribution in [2.24, 2.45) is 0 Å². The fourth-order valence-electron chi connectivity index (χ4n) is 2.19. The Labute approximate surface area is 95.6 Å². The second-order valence-corrected chi connectivity index (χ2v) is 4.30. The van der Waals surface area contributed by atoms with E-state index in [4.69, 9.17) is 4.42 Å². The Bertz CT molecular complexity index is 335. The second-order valence-electron chi connectivity index (χ2n) is 4.30. The topological polar surface area (TPSA) is 45.5 Å². The van der Waals surface area contributed by atoms with Crippen LogP contribution in [0.5, 0.6) is 0 Å². The van der Waals surface area contributed by atoms with Crippen molar-refractivity contribution in [1.82, 2.24) is 10.2 Å². The van der Waals surface area contributed by atoms with Crippen molar-refractivity contribution < 1.29 is 9.21 Å². The maximum absolute atomic E-state index is 11.5. The minimum absolute atomic E-state index is 0.120. The highest BCUT2D eigenvalue weighted by molar-refractivity contribution is 5.91. The molecule has 0 saturated carbocycles. The molecule has 1 unspecified atom stereocenters. The second kappa shape index (κ2) is 5.16. The average molecular weight is 222 g/mol. The van der Waals surface area contributed by atoms with E-state index >= 15 is 0 Å². The molecule has 0 aromatic carbocycles. The van der Waals surface area contributed by atoms with E-state index < -0.39 is 0 Å². The molecule has 1 amide bonds. The Morgan fingerprint density at radius 3 is 3.19 bits per heavy atom. The van der Waals surface area contributed by atoms with Gasteiger partial charge in [-0.1, -0.05) is 0 Å². The fourth-order valence-corrected chi connectivity index (χ4v) is 2.19. The molecule has 0 bridgehead atoms. The van der Waals surface area contributed by atoms with Crippen LogP contribution in [0.25, 0.3) is 0 Å². The monoisotopic (exact) mass is 222 g/mol. The summed E-state index contributed by atoms with van der Waals surface area (Å²) in [5, 5.41) is 2.87. The number of nitrogens with zero attached hydrogens (tertiary/aromatic N) is 1. The van der Waals surface area contributed by atoms with Crippen molar-refractivity contribution in [3.8, 4) is 0 Å². The number of hydrogen-bond acceptors (Lipinski definition) is 3. The molecule has 1 saturated heterocycles. The van der Waals surface area contributed by atoms with E-state index in [1.54, 1.807) is 12.1 Å². The first-order chi connectivity index (χ1) is 7.77. The molecule has 1 fully saturated rings. The molecule has 0 spiro atoms. The van der Waals surface area contributed by atoms with Gasteiger partial charge in [-0.3, -0.25) is 4.79 Å². The highest BCUT2D eigenvalue weighted by Crippen LogP contribution is 2.16. The number of hydrogen-bond donors (Lipinski definition) is 1. The summed E-state index contributed by atoms with van der Waals surface area (Å²) in [6, 6.07) is 4.02. The van der Waals surface area contributed by atoms with Gasteiger partial charge >= 0.3 is 0 Å². The van der Waals surface area contributed by atoms with Crippen LogP contribution in [0.15, 0.2) is 22.8 Å². The first-order valence-electron chi connectivity index (χ1n) is 5.79. The smallest absolute Gasteiger partial charge is 0.286 e. The lowest BCUT2D eigenvalue weighted by molar-refractivity contribution is 0.0922. The maximum atomic E-state index is 11.5. The van der Waals surface area contributed by atoms with Crippen LogP contribution in [0.2, 0.25) is 0 Å². The molecule has 1 aromatic heterocycles. The Kier molecular flexibility index (Phi) is 3.62. The molecule has 16 heavy (non-hydrogen) atoms. The molecule has 1 aliphatic rings. The zero-order valence-corrected chi connectivity index (χ0v) is 9.61. The van der Waals surface area contributed by atoms with Crippen LogP contribution in [0.4, 0.5) is 0 Å². The molecule has 4 heteroatoms. The van der Waals surface area contributed by atoms with Gasteiger partial charge < -0.3 is 14.6 Å². The van der Waals surface area contributed by atoms with Crippen molar-refractivity contribution >= 4 is 5.91 Å². The molecule has 4 nitrogen and oxygen atoms in total. The summed E-state index contributed by atoms with van der Waals surface area (Å²) in [5.74, 6) is 0.269. The first-order valence-corrected chi connectivity index (χ1v) is 5.79. The van der Waals surface area contributed by atoms with E-state index in [1.807, 2.05) is 0 Å². The standard InChI is InChI=1S/C12H18N2O2/c1-14-8-2-4-10(14)6-7-13-12(15)11-5-3-9-16-11/h3,5,9-10H,2,4,6-8H2,1H3,(H,13,15). The normalized spacial score (nSPS) is 21.2. The fraction of sp³-hybridized carbons (Fsp3) is 0.583. The van der Waals surface area contributed by atoms with Crippen molar-refractivity contribution in [3.05, 3.63) is 24.2 Å². The Morgan fingerprint density at radius 2 is 2.56 bits per heavy atom. The van der Waals surface area contributed by atoms with Gasteiger partial charge in [0.15, 0.2) is 5.76 Å². The summed E-state index contributed by atoms with van der Waals surface area (Å²) >= 11 is 0. The van der Waals surface area contributed by atoms with E-state index in [0.717, 1.165) is 6.42 Å². The van der Waals surface area contributed by atoms with Crippen molar-refractivity contribution in [2.45, 2.75) is 25.3 Å². The molecule has 1 aliphatic heterocycles. The number of furan rings is 1. The van der Waals surface area contributed by atoms with Gasteiger partial charge in [0.1, 0.15) is 0 Å². The van der Waals surface area contributed by atoms with Gasteiger partial charge in [-0.05, 0) is 45.0 Å². The number of carbonyl (C=O) groups is 1. The lowest BCUT2D eigenvalue weighted by atomic mass is 10.1. The van der Waals surface area contributed by atoms with Gasteiger partial charge in [-0.2, -0.15) is 0 Å². The highest BCUT2D eigenvalue weighted by atomic mass is 16.3. The number of nitrogens with one attached hydrogen (secondary N) is 1. The van der Waals surface area contributed by atoms with E-state index in [2.05, 4.69) is 17.3 Å². The number of rotatable bonds is 4. The van der Waals surface area contributed by atoms with Crippen molar-refractivity contribution in [1.29, 1.82) is 0 Å².